The SMILES string of the molecule is O=C(Nc1ccc(Br)cc1)[C@H]1CCCN(S(=O)(=O)Cc2c(Cl)cccc2Cl)C1. The number of piperidine rings is 1. The molecule has 0 unspecified atom stereocenters. The third-order valence-corrected chi connectivity index (χ3v) is 7.66. The van der Waals surface area contributed by atoms with Gasteiger partial charge < -0.3 is 5.32 Å². The Bertz CT molecular complexity index is 947. The summed E-state index contributed by atoms with van der Waals surface area (Å²) in [6.45, 7) is 0.527. The Hall–Kier alpha value is -1.12. The second kappa shape index (κ2) is 9.13. The van der Waals surface area contributed by atoms with Gasteiger partial charge >= 0.3 is 0 Å². The zero-order valence-electron chi connectivity index (χ0n) is 14.9. The number of amides is 1. The molecule has 5 nitrogen and oxygen atoms in total. The van der Waals surface area contributed by atoms with Crippen LogP contribution in [-0.4, -0.2) is 31.7 Å². The number of nitrogens with zero attached hydrogens (tertiary/aromatic N) is 1. The van der Waals surface area contributed by atoms with Crippen LogP contribution in [0.15, 0.2) is 46.9 Å². The Morgan fingerprint density at radius 2 is 1.79 bits per heavy atom. The Morgan fingerprint density at radius 3 is 2.43 bits per heavy atom. The molecule has 1 atom stereocenters. The standard InChI is InChI=1S/C19H19BrCl2N2O3S/c20-14-6-8-15(9-7-14)23-19(25)13-3-2-10-24(11-13)28(26,27)12-16-17(21)4-1-5-18(16)22/h1,4-9,13H,2-3,10-12H2,(H,23,25)/t13-/m0/s1. The number of sulfonamides is 1. The van der Waals surface area contributed by atoms with E-state index in [4.69, 9.17) is 23.2 Å². The molecule has 2 aromatic carbocycles. The molecule has 1 aliphatic rings. The van der Waals surface area contributed by atoms with E-state index in [0.29, 0.717) is 40.7 Å². The van der Waals surface area contributed by atoms with Crippen LogP contribution in [0.5, 0.6) is 0 Å². The lowest BCUT2D eigenvalue weighted by molar-refractivity contribution is -0.120. The van der Waals surface area contributed by atoms with Crippen LogP contribution in [0, 0.1) is 5.92 Å². The lowest BCUT2D eigenvalue weighted by atomic mass is 9.99. The highest BCUT2D eigenvalue weighted by molar-refractivity contribution is 9.10. The van der Waals surface area contributed by atoms with E-state index in [0.717, 1.165) is 4.47 Å². The number of anilines is 1. The number of nitrogens with one attached hydrogen (secondary N) is 1. The second-order valence-corrected chi connectivity index (χ2v) is 10.3. The topological polar surface area (TPSA) is 66.5 Å². The van der Waals surface area contributed by atoms with Crippen LogP contribution < -0.4 is 5.32 Å². The molecule has 1 amide bonds. The summed E-state index contributed by atoms with van der Waals surface area (Å²) in [5.41, 5.74) is 1.06. The van der Waals surface area contributed by atoms with Crippen molar-refractivity contribution in [1.82, 2.24) is 4.31 Å². The molecule has 1 aliphatic heterocycles. The monoisotopic (exact) mass is 504 g/mol. The molecule has 0 saturated carbocycles. The Labute approximate surface area is 183 Å². The van der Waals surface area contributed by atoms with Gasteiger partial charge in [0, 0.05) is 38.9 Å². The van der Waals surface area contributed by atoms with Gasteiger partial charge in [-0.3, -0.25) is 4.79 Å². The fourth-order valence-electron chi connectivity index (χ4n) is 3.13. The summed E-state index contributed by atoms with van der Waals surface area (Å²) < 4.78 is 28.1. The van der Waals surface area contributed by atoms with Gasteiger partial charge in [-0.2, -0.15) is 0 Å². The number of hydrogen-bond acceptors (Lipinski definition) is 3. The molecule has 3 rings (SSSR count). The van der Waals surface area contributed by atoms with E-state index in [2.05, 4.69) is 21.2 Å². The molecular weight excluding hydrogens is 487 g/mol. The molecule has 0 aromatic heterocycles. The van der Waals surface area contributed by atoms with Gasteiger partial charge in [-0.1, -0.05) is 45.2 Å². The van der Waals surface area contributed by atoms with Gasteiger partial charge in [-0.05, 0) is 49.2 Å². The van der Waals surface area contributed by atoms with Crippen LogP contribution in [0.3, 0.4) is 0 Å². The zero-order valence-corrected chi connectivity index (χ0v) is 18.8. The summed E-state index contributed by atoms with van der Waals surface area (Å²) in [4.78, 5) is 12.6. The summed E-state index contributed by atoms with van der Waals surface area (Å²) in [6.07, 6.45) is 1.26. The maximum Gasteiger partial charge on any atom is 0.228 e. The zero-order chi connectivity index (χ0) is 20.3. The molecule has 2 aromatic rings. The van der Waals surface area contributed by atoms with E-state index in [1.54, 1.807) is 30.3 Å². The molecule has 1 N–H and O–H groups in total. The van der Waals surface area contributed by atoms with Gasteiger partial charge in [0.15, 0.2) is 0 Å². The van der Waals surface area contributed by atoms with Gasteiger partial charge in [0.25, 0.3) is 0 Å². The smallest absolute Gasteiger partial charge is 0.228 e. The van der Waals surface area contributed by atoms with Gasteiger partial charge in [-0.15, -0.1) is 0 Å². The molecule has 28 heavy (non-hydrogen) atoms. The Morgan fingerprint density at radius 1 is 1.14 bits per heavy atom. The number of rotatable bonds is 5. The highest BCUT2D eigenvalue weighted by Crippen LogP contribution is 2.29. The number of benzene rings is 2. The van der Waals surface area contributed by atoms with Crippen molar-refractivity contribution in [2.24, 2.45) is 5.92 Å². The van der Waals surface area contributed by atoms with Crippen LogP contribution in [-0.2, 0) is 20.6 Å². The van der Waals surface area contributed by atoms with Gasteiger partial charge in [-0.25, -0.2) is 12.7 Å². The van der Waals surface area contributed by atoms with Crippen LogP contribution >= 0.6 is 39.1 Å². The molecule has 1 heterocycles. The minimum atomic E-state index is -3.65. The molecule has 150 valence electrons. The number of halogens is 3. The van der Waals surface area contributed by atoms with Crippen LogP contribution in [0.4, 0.5) is 5.69 Å². The van der Waals surface area contributed by atoms with E-state index >= 15 is 0 Å². The predicted molar refractivity (Wildman–Crippen MR) is 116 cm³/mol. The first-order valence-electron chi connectivity index (χ1n) is 8.73. The van der Waals surface area contributed by atoms with Crippen LogP contribution in [0.1, 0.15) is 18.4 Å². The van der Waals surface area contributed by atoms with Crippen molar-refractivity contribution in [3.05, 3.63) is 62.5 Å². The molecule has 0 radical (unpaired) electrons. The molecule has 0 spiro atoms. The Balaban J connectivity index is 1.69. The normalized spacial score (nSPS) is 18.0. The Kier molecular flexibility index (Phi) is 7.04. The molecular formula is C19H19BrCl2N2O3S. The van der Waals surface area contributed by atoms with Crippen LogP contribution in [0.25, 0.3) is 0 Å². The number of hydrogen-bond donors (Lipinski definition) is 1. The second-order valence-electron chi connectivity index (χ2n) is 6.65. The minimum Gasteiger partial charge on any atom is -0.326 e. The lowest BCUT2D eigenvalue weighted by Gasteiger charge is -2.31. The highest BCUT2D eigenvalue weighted by Gasteiger charge is 2.33. The van der Waals surface area contributed by atoms with E-state index < -0.39 is 15.9 Å². The first-order chi connectivity index (χ1) is 13.3. The number of carbonyl (C=O) groups is 1. The lowest BCUT2D eigenvalue weighted by Crippen LogP contribution is -2.44. The maximum atomic E-state index is 12.9. The first kappa shape index (κ1) is 21.6. The van der Waals surface area contributed by atoms with Crippen molar-refractivity contribution in [1.29, 1.82) is 0 Å². The summed E-state index contributed by atoms with van der Waals surface area (Å²) >= 11 is 15.6. The summed E-state index contributed by atoms with van der Waals surface area (Å²) in [6, 6.07) is 12.1. The summed E-state index contributed by atoms with van der Waals surface area (Å²) in [5.74, 6) is -0.876. The maximum absolute atomic E-state index is 12.9. The van der Waals surface area contributed by atoms with E-state index in [9.17, 15) is 13.2 Å². The molecule has 9 heteroatoms. The van der Waals surface area contributed by atoms with Crippen LogP contribution in [0.2, 0.25) is 10.0 Å². The number of carbonyl (C=O) groups excluding carboxylic acids is 1. The third kappa shape index (κ3) is 5.27. The predicted octanol–water partition coefficient (Wildman–Crippen LogP) is 4.94. The van der Waals surface area contributed by atoms with Crippen molar-refractivity contribution in [3.63, 3.8) is 0 Å². The fraction of sp³-hybridized carbons (Fsp3) is 0.316. The van der Waals surface area contributed by atoms with Crippen molar-refractivity contribution in [2.45, 2.75) is 18.6 Å². The van der Waals surface area contributed by atoms with Gasteiger partial charge in [0.2, 0.25) is 15.9 Å². The molecule has 1 fully saturated rings. The third-order valence-electron chi connectivity index (χ3n) is 4.65. The largest absolute Gasteiger partial charge is 0.326 e. The summed E-state index contributed by atoms with van der Waals surface area (Å²) in [5, 5.41) is 3.49. The minimum absolute atomic E-state index is 0.146. The quantitative estimate of drug-likeness (QED) is 0.626. The van der Waals surface area contributed by atoms with E-state index in [1.165, 1.54) is 4.31 Å². The van der Waals surface area contributed by atoms with Crippen molar-refractivity contribution >= 4 is 60.7 Å². The molecule has 0 aliphatic carbocycles. The van der Waals surface area contributed by atoms with E-state index in [1.807, 2.05) is 12.1 Å². The molecule has 0 bridgehead atoms. The van der Waals surface area contributed by atoms with Gasteiger partial charge in [0.1, 0.15) is 0 Å². The average molecular weight is 506 g/mol. The fourth-order valence-corrected chi connectivity index (χ4v) is 5.76. The molecule has 1 saturated heterocycles. The van der Waals surface area contributed by atoms with Crippen molar-refractivity contribution < 1.29 is 13.2 Å². The van der Waals surface area contributed by atoms with Gasteiger partial charge in [0.05, 0.1) is 11.7 Å². The summed E-state index contributed by atoms with van der Waals surface area (Å²) in [7, 11) is -3.65. The average Bonchev–Trinajstić information content (AvgIpc) is 2.67. The highest BCUT2D eigenvalue weighted by atomic mass is 79.9. The van der Waals surface area contributed by atoms with Crippen molar-refractivity contribution in [2.75, 3.05) is 18.4 Å². The van der Waals surface area contributed by atoms with Crippen molar-refractivity contribution in [3.8, 4) is 0 Å². The van der Waals surface area contributed by atoms with E-state index in [-0.39, 0.29) is 18.2 Å². The first-order valence-corrected chi connectivity index (χ1v) is 11.9.